The van der Waals surface area contributed by atoms with Gasteiger partial charge in [-0.2, -0.15) is 0 Å². The van der Waals surface area contributed by atoms with Crippen molar-refractivity contribution in [3.05, 3.63) is 69.8 Å². The van der Waals surface area contributed by atoms with E-state index in [-0.39, 0.29) is 17.8 Å². The van der Waals surface area contributed by atoms with Crippen LogP contribution in [0.15, 0.2) is 47.6 Å². The third-order valence-electron chi connectivity index (χ3n) is 5.11. The van der Waals surface area contributed by atoms with E-state index in [9.17, 15) is 14.4 Å². The van der Waals surface area contributed by atoms with Gasteiger partial charge in [0, 0.05) is 17.6 Å². The third-order valence-corrected chi connectivity index (χ3v) is 5.11. The van der Waals surface area contributed by atoms with E-state index in [1.807, 2.05) is 30.4 Å². The second-order valence-electron chi connectivity index (χ2n) is 6.61. The maximum absolute atomic E-state index is 12.3. The highest BCUT2D eigenvalue weighted by Gasteiger charge is 2.46. The number of allylic oxidation sites excluding steroid dienone is 3. The van der Waals surface area contributed by atoms with Crippen LogP contribution in [0.25, 0.3) is 6.08 Å². The van der Waals surface area contributed by atoms with E-state index in [2.05, 4.69) is 5.32 Å². The van der Waals surface area contributed by atoms with Crippen molar-refractivity contribution >= 4 is 23.7 Å². The average molecular weight is 331 g/mol. The average Bonchev–Trinajstić information content (AvgIpc) is 2.88. The Bertz CT molecular complexity index is 1040. The number of hydrogen-bond acceptors (Lipinski definition) is 4. The zero-order valence-corrected chi connectivity index (χ0v) is 13.4. The van der Waals surface area contributed by atoms with Crippen LogP contribution >= 0.6 is 0 Å². The molecular formula is C20H13NO4. The van der Waals surface area contributed by atoms with Crippen LogP contribution in [0, 0.1) is 6.92 Å². The van der Waals surface area contributed by atoms with Gasteiger partial charge >= 0.3 is 0 Å². The number of nitrogens with one attached hydrogen (secondary N) is 1. The van der Waals surface area contributed by atoms with Crippen LogP contribution in [0.3, 0.4) is 0 Å². The first-order chi connectivity index (χ1) is 12.0. The molecule has 1 atom stereocenters. The summed E-state index contributed by atoms with van der Waals surface area (Å²) >= 11 is 0. The molecule has 0 bridgehead atoms. The van der Waals surface area contributed by atoms with Gasteiger partial charge in [0.15, 0.2) is 11.4 Å². The number of carbonyl (C=O) groups excluding carboxylic acids is 3. The summed E-state index contributed by atoms with van der Waals surface area (Å²) in [6.45, 7) is 1.81. The van der Waals surface area contributed by atoms with Crippen molar-refractivity contribution in [3.63, 3.8) is 0 Å². The lowest BCUT2D eigenvalue weighted by Gasteiger charge is -2.42. The Labute approximate surface area is 143 Å². The molecule has 5 nitrogen and oxygen atoms in total. The highest BCUT2D eigenvalue weighted by atomic mass is 16.5. The van der Waals surface area contributed by atoms with Gasteiger partial charge in [0.2, 0.25) is 0 Å². The SMILES string of the molecule is Cc1cc2c(c3c1C(=O)NC3=O)OC13C=CC(=O)CC1=CC=CC3=C2. The van der Waals surface area contributed by atoms with Crippen molar-refractivity contribution in [2.75, 3.05) is 0 Å². The first-order valence-corrected chi connectivity index (χ1v) is 8.04. The topological polar surface area (TPSA) is 72.5 Å². The number of rotatable bonds is 0. The number of aryl methyl sites for hydroxylation is 1. The summed E-state index contributed by atoms with van der Waals surface area (Å²) in [5, 5.41) is 2.34. The standard InChI is InChI=1S/C20H13NO4/c1-10-7-11-8-12-3-2-4-13-9-14(22)5-6-20(12,13)25-17(11)16-15(10)18(23)21-19(16)24/h2-8H,9H2,1H3,(H,21,23,24). The molecule has 0 saturated heterocycles. The number of carbonyl (C=O) groups is 3. The number of ether oxygens (including phenoxy) is 1. The normalized spacial score (nSPS) is 25.2. The Morgan fingerprint density at radius 3 is 2.76 bits per heavy atom. The molecule has 25 heavy (non-hydrogen) atoms. The fourth-order valence-corrected chi connectivity index (χ4v) is 3.97. The van der Waals surface area contributed by atoms with Gasteiger partial charge < -0.3 is 4.74 Å². The van der Waals surface area contributed by atoms with Gasteiger partial charge in [0.1, 0.15) is 5.75 Å². The smallest absolute Gasteiger partial charge is 0.262 e. The summed E-state index contributed by atoms with van der Waals surface area (Å²) in [6, 6.07) is 1.86. The first kappa shape index (κ1) is 14.2. The Morgan fingerprint density at radius 1 is 1.12 bits per heavy atom. The zero-order valence-electron chi connectivity index (χ0n) is 13.4. The van der Waals surface area contributed by atoms with Gasteiger partial charge in [-0.3, -0.25) is 19.7 Å². The lowest BCUT2D eigenvalue weighted by molar-refractivity contribution is -0.114. The molecule has 2 aliphatic heterocycles. The van der Waals surface area contributed by atoms with Crippen molar-refractivity contribution < 1.29 is 19.1 Å². The molecule has 1 N–H and O–H groups in total. The molecule has 122 valence electrons. The molecule has 1 spiro atoms. The molecule has 0 radical (unpaired) electrons. The summed E-state index contributed by atoms with van der Waals surface area (Å²) in [4.78, 5) is 36.3. The molecule has 0 aromatic heterocycles. The quantitative estimate of drug-likeness (QED) is 0.741. The predicted octanol–water partition coefficient (Wildman–Crippen LogP) is 2.42. The van der Waals surface area contributed by atoms with Crippen molar-refractivity contribution in [2.45, 2.75) is 18.9 Å². The van der Waals surface area contributed by atoms with Crippen molar-refractivity contribution in [1.29, 1.82) is 0 Å². The number of hydrogen-bond donors (Lipinski definition) is 1. The molecule has 0 fully saturated rings. The van der Waals surface area contributed by atoms with Crippen LogP contribution in [-0.4, -0.2) is 23.2 Å². The van der Waals surface area contributed by atoms with E-state index in [4.69, 9.17) is 4.74 Å². The van der Waals surface area contributed by atoms with E-state index < -0.39 is 17.4 Å². The van der Waals surface area contributed by atoms with E-state index in [0.717, 1.165) is 22.3 Å². The van der Waals surface area contributed by atoms with Crippen molar-refractivity contribution in [2.24, 2.45) is 0 Å². The van der Waals surface area contributed by atoms with E-state index >= 15 is 0 Å². The van der Waals surface area contributed by atoms with Crippen LogP contribution in [0.5, 0.6) is 5.75 Å². The molecule has 2 heterocycles. The largest absolute Gasteiger partial charge is 0.472 e. The molecule has 1 aromatic rings. The van der Waals surface area contributed by atoms with Gasteiger partial charge in [-0.25, -0.2) is 0 Å². The Hall–Kier alpha value is -3.21. The predicted molar refractivity (Wildman–Crippen MR) is 90.3 cm³/mol. The van der Waals surface area contributed by atoms with Gasteiger partial charge in [0.05, 0.1) is 11.1 Å². The van der Waals surface area contributed by atoms with E-state index in [1.165, 1.54) is 6.08 Å². The molecular weight excluding hydrogens is 318 g/mol. The van der Waals surface area contributed by atoms with E-state index in [0.29, 0.717) is 11.3 Å². The van der Waals surface area contributed by atoms with Crippen molar-refractivity contribution in [1.82, 2.24) is 5.32 Å². The van der Waals surface area contributed by atoms with Crippen LogP contribution in [0.2, 0.25) is 0 Å². The fourth-order valence-electron chi connectivity index (χ4n) is 3.97. The molecule has 0 saturated carbocycles. The second kappa shape index (κ2) is 4.45. The molecule has 2 amide bonds. The summed E-state index contributed by atoms with van der Waals surface area (Å²) in [5.41, 5.74) is 3.00. The number of fused-ring (bicyclic) bond motifs is 3. The number of ketones is 1. The third kappa shape index (κ3) is 1.70. The Kier molecular flexibility index (Phi) is 2.52. The first-order valence-electron chi connectivity index (χ1n) is 8.04. The van der Waals surface area contributed by atoms with Crippen molar-refractivity contribution in [3.8, 4) is 5.75 Å². The minimum atomic E-state index is -0.884. The van der Waals surface area contributed by atoms with Gasteiger partial charge in [-0.15, -0.1) is 0 Å². The summed E-state index contributed by atoms with van der Waals surface area (Å²) in [7, 11) is 0. The van der Waals surface area contributed by atoms with Crippen LogP contribution in [0.1, 0.15) is 38.3 Å². The van der Waals surface area contributed by atoms with Gasteiger partial charge in [-0.1, -0.05) is 18.2 Å². The highest BCUT2D eigenvalue weighted by molar-refractivity contribution is 6.24. The molecule has 5 rings (SSSR count). The minimum absolute atomic E-state index is 0.0166. The molecule has 4 aliphatic rings. The summed E-state index contributed by atoms with van der Waals surface area (Å²) < 4.78 is 6.35. The molecule has 5 heteroatoms. The maximum atomic E-state index is 12.3. The van der Waals surface area contributed by atoms with Crippen LogP contribution in [-0.2, 0) is 4.79 Å². The monoisotopic (exact) mass is 331 g/mol. The lowest BCUT2D eigenvalue weighted by atomic mass is 9.74. The summed E-state index contributed by atoms with van der Waals surface area (Å²) in [5.74, 6) is -0.429. The molecule has 1 aromatic carbocycles. The van der Waals surface area contributed by atoms with Crippen LogP contribution < -0.4 is 10.1 Å². The Morgan fingerprint density at radius 2 is 1.92 bits per heavy atom. The number of amides is 2. The molecule has 1 unspecified atom stereocenters. The number of benzene rings is 1. The lowest BCUT2D eigenvalue weighted by Crippen LogP contribution is -2.43. The van der Waals surface area contributed by atoms with Crippen LogP contribution in [0.4, 0.5) is 0 Å². The maximum Gasteiger partial charge on any atom is 0.262 e. The Balaban J connectivity index is 1.81. The minimum Gasteiger partial charge on any atom is -0.472 e. The van der Waals surface area contributed by atoms with E-state index in [1.54, 1.807) is 13.0 Å². The zero-order chi connectivity index (χ0) is 17.3. The molecule has 2 aliphatic carbocycles. The van der Waals surface area contributed by atoms with Gasteiger partial charge in [-0.05, 0) is 42.4 Å². The number of imide groups is 1. The van der Waals surface area contributed by atoms with Gasteiger partial charge in [0.25, 0.3) is 11.8 Å². The fraction of sp³-hybridized carbons (Fsp3) is 0.150. The highest BCUT2D eigenvalue weighted by Crippen LogP contribution is 2.48. The second-order valence-corrected chi connectivity index (χ2v) is 6.61. The summed E-state index contributed by atoms with van der Waals surface area (Å²) in [6.07, 6.45) is 11.2.